The Bertz CT molecular complexity index is 1400. The molecule has 43 heavy (non-hydrogen) atoms. The van der Waals surface area contributed by atoms with Crippen LogP contribution >= 0.6 is 61.7 Å². The maximum Gasteiger partial charge on any atom is 0.164 e. The molecule has 4 aromatic rings. The Kier molecular flexibility index (Phi) is 17.6. The molecule has 0 aliphatic rings. The average molecular weight is 810 g/mol. The Morgan fingerprint density at radius 1 is 0.651 bits per heavy atom. The Hall–Kier alpha value is -3.13. The highest BCUT2D eigenvalue weighted by Gasteiger charge is 2.10. The van der Waals surface area contributed by atoms with Crippen LogP contribution in [0, 0.1) is 3.57 Å². The van der Waals surface area contributed by atoms with Gasteiger partial charge in [-0.05, 0) is 112 Å². The first-order valence-electron chi connectivity index (χ1n) is 12.4. The number of halogens is 4. The van der Waals surface area contributed by atoms with Gasteiger partial charge in [0.1, 0.15) is 28.0 Å². The molecule has 0 heterocycles. The van der Waals surface area contributed by atoms with Gasteiger partial charge in [0.2, 0.25) is 0 Å². The molecule has 0 saturated carbocycles. The van der Waals surface area contributed by atoms with E-state index in [-0.39, 0.29) is 0 Å². The highest BCUT2D eigenvalue weighted by molar-refractivity contribution is 14.1. The van der Waals surface area contributed by atoms with Gasteiger partial charge in [-0.1, -0.05) is 23.2 Å². The quantitative estimate of drug-likeness (QED) is 0.112. The van der Waals surface area contributed by atoms with Crippen molar-refractivity contribution < 1.29 is 23.7 Å². The maximum atomic E-state index is 5.88. The van der Waals surface area contributed by atoms with Crippen molar-refractivity contribution in [2.75, 3.05) is 58.0 Å². The Labute approximate surface area is 284 Å². The van der Waals surface area contributed by atoms with E-state index in [9.17, 15) is 0 Å². The number of hydrogen-bond acceptors (Lipinski definition) is 9. The van der Waals surface area contributed by atoms with E-state index in [1.807, 2.05) is 31.2 Å². The van der Waals surface area contributed by atoms with Crippen molar-refractivity contribution in [2.45, 2.75) is 6.92 Å². The minimum Gasteiger partial charge on any atom is -0.496 e. The van der Waals surface area contributed by atoms with Gasteiger partial charge >= 0.3 is 0 Å². The molecule has 0 atom stereocenters. The zero-order valence-corrected chi connectivity index (χ0v) is 29.7. The number of nitrogen functional groups attached to an aromatic ring is 4. The summed E-state index contributed by atoms with van der Waals surface area (Å²) >= 11 is 17.2. The first kappa shape index (κ1) is 37.9. The van der Waals surface area contributed by atoms with Gasteiger partial charge in [0.05, 0.1) is 53.8 Å². The Morgan fingerprint density at radius 2 is 1.14 bits per heavy atom. The summed E-state index contributed by atoms with van der Waals surface area (Å²) in [6.45, 7) is 2.52. The monoisotopic (exact) mass is 808 g/mol. The van der Waals surface area contributed by atoms with E-state index < -0.39 is 0 Å². The lowest BCUT2D eigenvalue weighted by Crippen LogP contribution is -1.94. The number of anilines is 4. The van der Waals surface area contributed by atoms with E-state index in [2.05, 4.69) is 38.5 Å². The predicted molar refractivity (Wildman–Crippen MR) is 191 cm³/mol. The van der Waals surface area contributed by atoms with Crippen LogP contribution in [0.3, 0.4) is 0 Å². The summed E-state index contributed by atoms with van der Waals surface area (Å²) in [5, 5.41) is 0.965. The van der Waals surface area contributed by atoms with Crippen molar-refractivity contribution in [1.82, 2.24) is 0 Å². The zero-order valence-electron chi connectivity index (χ0n) is 24.4. The third-order valence-electron chi connectivity index (χ3n) is 5.12. The molecule has 9 nitrogen and oxygen atoms in total. The molecular weight excluding hydrogens is 774 g/mol. The van der Waals surface area contributed by atoms with Gasteiger partial charge in [-0.2, -0.15) is 0 Å². The van der Waals surface area contributed by atoms with Crippen molar-refractivity contribution in [2.24, 2.45) is 0 Å². The summed E-state index contributed by atoms with van der Waals surface area (Å²) < 4.78 is 27.1. The van der Waals surface area contributed by atoms with Crippen LogP contribution in [0.15, 0.2) is 71.2 Å². The average Bonchev–Trinajstić information content (AvgIpc) is 2.96. The van der Waals surface area contributed by atoms with Gasteiger partial charge in [-0.3, -0.25) is 0 Å². The van der Waals surface area contributed by atoms with E-state index in [0.29, 0.717) is 45.3 Å². The van der Waals surface area contributed by atoms with E-state index in [0.717, 1.165) is 30.9 Å². The number of nitrogens with two attached hydrogens (primary N) is 4. The summed E-state index contributed by atoms with van der Waals surface area (Å²) in [4.78, 5) is 0. The van der Waals surface area contributed by atoms with Gasteiger partial charge < -0.3 is 46.6 Å². The fourth-order valence-corrected chi connectivity index (χ4v) is 4.96. The number of benzene rings is 4. The van der Waals surface area contributed by atoms with Crippen LogP contribution in [0.25, 0.3) is 0 Å². The van der Waals surface area contributed by atoms with Crippen molar-refractivity contribution in [3.8, 4) is 28.7 Å². The number of rotatable bonds is 6. The highest BCUT2D eigenvalue weighted by Crippen LogP contribution is 2.38. The molecule has 0 aliphatic heterocycles. The summed E-state index contributed by atoms with van der Waals surface area (Å²) in [7, 11) is 6.32. The molecule has 0 aromatic heterocycles. The van der Waals surface area contributed by atoms with Crippen LogP contribution in [-0.4, -0.2) is 35.0 Å². The summed E-state index contributed by atoms with van der Waals surface area (Å²) in [5.74, 6) is 3.37. The molecule has 4 rings (SSSR count). The van der Waals surface area contributed by atoms with Crippen LogP contribution < -0.4 is 46.6 Å². The van der Waals surface area contributed by atoms with Gasteiger partial charge in [0.15, 0.2) is 5.75 Å². The highest BCUT2D eigenvalue weighted by atomic mass is 127. The molecule has 0 saturated heterocycles. The molecule has 0 fully saturated rings. The fraction of sp³-hybridized carbons (Fsp3) is 0.200. The van der Waals surface area contributed by atoms with E-state index in [1.54, 1.807) is 56.7 Å². The number of methoxy groups -OCH3 is 4. The molecule has 234 valence electrons. The lowest BCUT2D eigenvalue weighted by Gasteiger charge is -2.09. The van der Waals surface area contributed by atoms with Crippen molar-refractivity contribution in [3.05, 3.63) is 84.8 Å². The second-order valence-electron chi connectivity index (χ2n) is 8.12. The van der Waals surface area contributed by atoms with Crippen molar-refractivity contribution in [3.63, 3.8) is 0 Å². The standard InChI is InChI=1S/C8H10ClNO2.C8H10ClNO.C7H8BrNO.C7H8INO/c1-11-6-4-3-5(10)8(12-2)7(6)9;1-2-11-8-4-3-6(10)5-7(8)9;2*1-10-7-3-2-5(9)4-6(7)8/h3-4H,10H2,1-2H3;3-5H,2,10H2,1H3;2*2-4H,9H2,1H3. The second-order valence-corrected chi connectivity index (χ2v) is 10.9. The lowest BCUT2D eigenvalue weighted by atomic mass is 10.3. The molecule has 0 amide bonds. The van der Waals surface area contributed by atoms with E-state index >= 15 is 0 Å². The van der Waals surface area contributed by atoms with Gasteiger partial charge in [-0.15, -0.1) is 0 Å². The molecule has 0 unspecified atom stereocenters. The normalized spacial score (nSPS) is 9.51. The van der Waals surface area contributed by atoms with Crippen LogP contribution in [0.2, 0.25) is 10.0 Å². The molecule has 0 aliphatic carbocycles. The van der Waals surface area contributed by atoms with Crippen LogP contribution in [0.5, 0.6) is 28.7 Å². The first-order chi connectivity index (χ1) is 20.4. The second kappa shape index (κ2) is 19.9. The van der Waals surface area contributed by atoms with Crippen molar-refractivity contribution in [1.29, 1.82) is 0 Å². The largest absolute Gasteiger partial charge is 0.496 e. The number of ether oxygens (including phenoxy) is 5. The van der Waals surface area contributed by atoms with Gasteiger partial charge in [0.25, 0.3) is 0 Å². The Balaban J connectivity index is 0.000000287. The minimum absolute atomic E-state index is 0.403. The molecule has 0 radical (unpaired) electrons. The first-order valence-corrected chi connectivity index (χ1v) is 15.1. The van der Waals surface area contributed by atoms with E-state index in [1.165, 1.54) is 14.2 Å². The summed E-state index contributed by atoms with van der Waals surface area (Å²) in [6.07, 6.45) is 0. The van der Waals surface area contributed by atoms with Crippen LogP contribution in [0.4, 0.5) is 22.7 Å². The zero-order chi connectivity index (χ0) is 32.5. The van der Waals surface area contributed by atoms with Crippen molar-refractivity contribution >= 4 is 84.5 Å². The molecule has 0 bridgehead atoms. The topological polar surface area (TPSA) is 150 Å². The summed E-state index contributed by atoms with van der Waals surface area (Å²) in [6, 6.07) is 19.5. The molecule has 4 aromatic carbocycles. The molecule has 8 N–H and O–H groups in total. The van der Waals surface area contributed by atoms with Crippen LogP contribution in [-0.2, 0) is 0 Å². The van der Waals surface area contributed by atoms with E-state index in [4.69, 9.17) is 69.8 Å². The lowest BCUT2D eigenvalue weighted by molar-refractivity contribution is 0.340. The Morgan fingerprint density at radius 3 is 1.60 bits per heavy atom. The maximum absolute atomic E-state index is 5.88. The smallest absolute Gasteiger partial charge is 0.164 e. The van der Waals surface area contributed by atoms with Gasteiger partial charge in [0, 0.05) is 17.1 Å². The molecule has 0 spiro atoms. The molecular formula is C30H36BrCl2IN4O5. The fourth-order valence-electron chi connectivity index (χ4n) is 3.07. The predicted octanol–water partition coefficient (Wildman–Crippen LogP) is 8.18. The molecule has 13 heteroatoms. The third kappa shape index (κ3) is 13.0. The summed E-state index contributed by atoms with van der Waals surface area (Å²) in [5.41, 5.74) is 24.7. The number of hydrogen-bond donors (Lipinski definition) is 4. The SMILES string of the molecule is CCOc1ccc(N)cc1Cl.COc1ccc(N)c(OC)c1Cl.COc1ccc(N)cc1Br.COc1ccc(N)cc1I. The van der Waals surface area contributed by atoms with Gasteiger partial charge in [-0.25, -0.2) is 0 Å². The van der Waals surface area contributed by atoms with Crippen LogP contribution in [0.1, 0.15) is 6.92 Å². The third-order valence-corrected chi connectivity index (χ3v) is 7.24. The minimum atomic E-state index is 0.403.